The molecule has 0 radical (unpaired) electrons. The molecule has 2 aromatic rings. The van der Waals surface area contributed by atoms with Crippen LogP contribution in [0.25, 0.3) is 0 Å². The van der Waals surface area contributed by atoms with Gasteiger partial charge in [0.1, 0.15) is 6.61 Å². The molecular weight excluding hydrogens is 320 g/mol. The molecule has 1 aromatic heterocycles. The molecule has 0 aliphatic carbocycles. The predicted octanol–water partition coefficient (Wildman–Crippen LogP) is 3.09. The van der Waals surface area contributed by atoms with Gasteiger partial charge in [-0.15, -0.1) is 0 Å². The van der Waals surface area contributed by atoms with E-state index < -0.39 is 0 Å². The van der Waals surface area contributed by atoms with Crippen LogP contribution in [0.5, 0.6) is 5.88 Å². The Morgan fingerprint density at radius 2 is 2.16 bits per heavy atom. The highest BCUT2D eigenvalue weighted by Crippen LogP contribution is 2.16. The fraction of sp³-hybridized carbons (Fsp3) is 0.316. The lowest BCUT2D eigenvalue weighted by Crippen LogP contribution is -2.17. The number of rotatable bonds is 6. The molecule has 2 heterocycles. The maximum Gasteiger partial charge on any atom is 0.257 e. The number of anilines is 1. The Labute approximate surface area is 146 Å². The van der Waals surface area contributed by atoms with Crippen molar-refractivity contribution in [3.8, 4) is 5.88 Å². The standard InChI is InChI=1S/C19H20N2O4/c1-13(22)14-4-2-5-16(10-14)21-19(23)15-7-8-18(20-11-15)25-12-17-6-3-9-24-17/h2,4-5,7-8,10-11,17H,3,6,9,12H2,1H3,(H,21,23)/t17-/m1/s1. The number of ether oxygens (including phenoxy) is 2. The first kappa shape index (κ1) is 17.1. The summed E-state index contributed by atoms with van der Waals surface area (Å²) in [6.45, 7) is 2.74. The minimum atomic E-state index is -0.293. The third-order valence-electron chi connectivity index (χ3n) is 3.97. The molecular formula is C19H20N2O4. The lowest BCUT2D eigenvalue weighted by atomic mass is 10.1. The van der Waals surface area contributed by atoms with Gasteiger partial charge in [0.25, 0.3) is 5.91 Å². The molecule has 0 unspecified atom stereocenters. The van der Waals surface area contributed by atoms with E-state index in [9.17, 15) is 9.59 Å². The second kappa shape index (κ2) is 7.90. The van der Waals surface area contributed by atoms with Crippen LogP contribution in [-0.4, -0.2) is 36.0 Å². The zero-order valence-electron chi connectivity index (χ0n) is 14.0. The maximum atomic E-state index is 12.3. The van der Waals surface area contributed by atoms with Gasteiger partial charge in [-0.2, -0.15) is 0 Å². The van der Waals surface area contributed by atoms with E-state index in [4.69, 9.17) is 9.47 Å². The van der Waals surface area contributed by atoms with Crippen molar-refractivity contribution >= 4 is 17.4 Å². The molecule has 1 aliphatic heterocycles. The normalized spacial score (nSPS) is 16.4. The number of nitrogens with one attached hydrogen (secondary N) is 1. The molecule has 1 aromatic carbocycles. The predicted molar refractivity (Wildman–Crippen MR) is 93.1 cm³/mol. The first-order chi connectivity index (χ1) is 12.1. The average molecular weight is 340 g/mol. The number of hydrogen-bond acceptors (Lipinski definition) is 5. The second-order valence-electron chi connectivity index (χ2n) is 5.92. The Hall–Kier alpha value is -2.73. The van der Waals surface area contributed by atoms with Crippen molar-refractivity contribution in [2.75, 3.05) is 18.5 Å². The van der Waals surface area contributed by atoms with Crippen LogP contribution in [0.1, 0.15) is 40.5 Å². The third kappa shape index (κ3) is 4.64. The summed E-state index contributed by atoms with van der Waals surface area (Å²) in [6, 6.07) is 10.1. The monoisotopic (exact) mass is 340 g/mol. The number of pyridine rings is 1. The minimum absolute atomic E-state index is 0.0505. The van der Waals surface area contributed by atoms with Crippen LogP contribution >= 0.6 is 0 Å². The molecule has 1 fully saturated rings. The molecule has 6 nitrogen and oxygen atoms in total. The molecule has 6 heteroatoms. The van der Waals surface area contributed by atoms with E-state index in [0.29, 0.717) is 29.3 Å². The Morgan fingerprint density at radius 1 is 1.28 bits per heavy atom. The lowest BCUT2D eigenvalue weighted by Gasteiger charge is -2.11. The molecule has 1 atom stereocenters. The maximum absolute atomic E-state index is 12.3. The van der Waals surface area contributed by atoms with Gasteiger partial charge in [-0.25, -0.2) is 4.98 Å². The topological polar surface area (TPSA) is 77.5 Å². The summed E-state index contributed by atoms with van der Waals surface area (Å²) in [5.74, 6) is 0.120. The van der Waals surface area contributed by atoms with Gasteiger partial charge in [-0.1, -0.05) is 12.1 Å². The molecule has 1 saturated heterocycles. The van der Waals surface area contributed by atoms with Crippen molar-refractivity contribution in [1.29, 1.82) is 0 Å². The number of carbonyl (C=O) groups is 2. The number of amides is 1. The summed E-state index contributed by atoms with van der Waals surface area (Å²) in [4.78, 5) is 27.8. The Morgan fingerprint density at radius 3 is 2.84 bits per heavy atom. The molecule has 1 amide bonds. The zero-order valence-corrected chi connectivity index (χ0v) is 14.0. The van der Waals surface area contributed by atoms with Crippen molar-refractivity contribution in [3.05, 3.63) is 53.7 Å². The van der Waals surface area contributed by atoms with Gasteiger partial charge in [0, 0.05) is 30.1 Å². The van der Waals surface area contributed by atoms with Crippen molar-refractivity contribution < 1.29 is 19.1 Å². The summed E-state index contributed by atoms with van der Waals surface area (Å²) in [6.07, 6.45) is 3.65. The SMILES string of the molecule is CC(=O)c1cccc(NC(=O)c2ccc(OC[C@H]3CCCO3)nc2)c1. The minimum Gasteiger partial charge on any atom is -0.475 e. The van der Waals surface area contributed by atoms with E-state index in [1.54, 1.807) is 36.4 Å². The smallest absolute Gasteiger partial charge is 0.257 e. The van der Waals surface area contributed by atoms with Crippen LogP contribution in [0.3, 0.4) is 0 Å². The summed E-state index contributed by atoms with van der Waals surface area (Å²) >= 11 is 0. The molecule has 25 heavy (non-hydrogen) atoms. The fourth-order valence-electron chi connectivity index (χ4n) is 2.57. The Bertz CT molecular complexity index is 752. The van der Waals surface area contributed by atoms with Gasteiger partial charge in [0.2, 0.25) is 5.88 Å². The number of Topliss-reactive ketones (excluding diaryl/α,β-unsaturated/α-hetero) is 1. The Kier molecular flexibility index (Phi) is 5.40. The highest BCUT2D eigenvalue weighted by molar-refractivity contribution is 6.05. The quantitative estimate of drug-likeness (QED) is 0.818. The average Bonchev–Trinajstić information content (AvgIpc) is 3.14. The first-order valence-electron chi connectivity index (χ1n) is 8.24. The largest absolute Gasteiger partial charge is 0.475 e. The van der Waals surface area contributed by atoms with Gasteiger partial charge in [0.05, 0.1) is 11.7 Å². The number of aromatic nitrogens is 1. The van der Waals surface area contributed by atoms with E-state index >= 15 is 0 Å². The van der Waals surface area contributed by atoms with Gasteiger partial charge in [-0.3, -0.25) is 9.59 Å². The van der Waals surface area contributed by atoms with E-state index in [1.165, 1.54) is 13.1 Å². The molecule has 0 bridgehead atoms. The van der Waals surface area contributed by atoms with Crippen molar-refractivity contribution in [1.82, 2.24) is 4.98 Å². The van der Waals surface area contributed by atoms with Crippen LogP contribution in [0.15, 0.2) is 42.6 Å². The number of ketones is 1. The van der Waals surface area contributed by atoms with Gasteiger partial charge in [-0.05, 0) is 38.0 Å². The molecule has 0 saturated carbocycles. The van der Waals surface area contributed by atoms with Crippen molar-refractivity contribution in [3.63, 3.8) is 0 Å². The van der Waals surface area contributed by atoms with E-state index in [2.05, 4.69) is 10.3 Å². The van der Waals surface area contributed by atoms with Crippen molar-refractivity contribution in [2.24, 2.45) is 0 Å². The molecule has 3 rings (SSSR count). The number of hydrogen-bond donors (Lipinski definition) is 1. The second-order valence-corrected chi connectivity index (χ2v) is 5.92. The van der Waals surface area contributed by atoms with Crippen LogP contribution in [0.4, 0.5) is 5.69 Å². The number of carbonyl (C=O) groups excluding carboxylic acids is 2. The lowest BCUT2D eigenvalue weighted by molar-refractivity contribution is 0.0663. The number of nitrogens with zero attached hydrogens (tertiary/aromatic N) is 1. The summed E-state index contributed by atoms with van der Waals surface area (Å²) in [5, 5.41) is 2.76. The van der Waals surface area contributed by atoms with Crippen molar-refractivity contribution in [2.45, 2.75) is 25.9 Å². The summed E-state index contributed by atoms with van der Waals surface area (Å²) < 4.78 is 11.1. The van der Waals surface area contributed by atoms with E-state index in [0.717, 1.165) is 19.4 Å². The zero-order chi connectivity index (χ0) is 17.6. The van der Waals surface area contributed by atoms with Crippen LogP contribution in [0, 0.1) is 0 Å². The first-order valence-corrected chi connectivity index (χ1v) is 8.24. The van der Waals surface area contributed by atoms with E-state index in [1.807, 2.05) is 0 Å². The molecule has 130 valence electrons. The third-order valence-corrected chi connectivity index (χ3v) is 3.97. The van der Waals surface area contributed by atoms with Crippen LogP contribution in [0.2, 0.25) is 0 Å². The van der Waals surface area contributed by atoms with Gasteiger partial charge in [0.15, 0.2) is 5.78 Å². The fourth-order valence-corrected chi connectivity index (χ4v) is 2.57. The highest BCUT2D eigenvalue weighted by Gasteiger charge is 2.16. The van der Waals surface area contributed by atoms with E-state index in [-0.39, 0.29) is 17.8 Å². The molecule has 0 spiro atoms. The Balaban J connectivity index is 1.58. The highest BCUT2D eigenvalue weighted by atomic mass is 16.5. The molecule has 1 aliphatic rings. The van der Waals surface area contributed by atoms with Crippen LogP contribution < -0.4 is 10.1 Å². The summed E-state index contributed by atoms with van der Waals surface area (Å²) in [7, 11) is 0. The van der Waals surface area contributed by atoms with Gasteiger partial charge < -0.3 is 14.8 Å². The summed E-state index contributed by atoms with van der Waals surface area (Å²) in [5.41, 5.74) is 1.53. The van der Waals surface area contributed by atoms with Crippen LogP contribution in [-0.2, 0) is 4.74 Å². The number of benzene rings is 1. The van der Waals surface area contributed by atoms with Gasteiger partial charge >= 0.3 is 0 Å². The molecule has 1 N–H and O–H groups in total.